The van der Waals surface area contributed by atoms with Crippen molar-refractivity contribution >= 4 is 27.6 Å². The quantitative estimate of drug-likeness (QED) is 0.360. The number of rotatable bonds is 5. The first kappa shape index (κ1) is 15.6. The molecule has 0 radical (unpaired) electrons. The first-order chi connectivity index (χ1) is 8.86. The third-order valence-electron chi connectivity index (χ3n) is 2.83. The maximum atomic E-state index is 11.5. The van der Waals surface area contributed by atoms with Crippen LogP contribution in [0.2, 0.25) is 0 Å². The molecule has 0 heterocycles. The molecule has 1 aromatic rings. The number of hydrogen-bond acceptors (Lipinski definition) is 4. The van der Waals surface area contributed by atoms with Gasteiger partial charge in [-0.15, -0.1) is 0 Å². The van der Waals surface area contributed by atoms with E-state index < -0.39 is 15.7 Å². The number of esters is 1. The number of carbonyl (C=O) groups is 1. The third kappa shape index (κ3) is 4.02. The molecule has 0 N–H and O–H groups in total. The normalized spacial score (nSPS) is 12.0. The van der Waals surface area contributed by atoms with Gasteiger partial charge in [-0.25, -0.2) is 0 Å². The van der Waals surface area contributed by atoms with Crippen molar-refractivity contribution in [3.63, 3.8) is 0 Å². The Bertz CT molecular complexity index is 502. The summed E-state index contributed by atoms with van der Waals surface area (Å²) in [5.74, 6) is -0.407. The van der Waals surface area contributed by atoms with Gasteiger partial charge in [-0.05, 0) is 38.0 Å². The molecule has 0 aliphatic rings. The first-order valence-electron chi connectivity index (χ1n) is 5.92. The summed E-state index contributed by atoms with van der Waals surface area (Å²) in [6, 6.07) is 3.29. The van der Waals surface area contributed by atoms with Crippen molar-refractivity contribution in [1.82, 2.24) is 0 Å². The maximum absolute atomic E-state index is 11.5. The fourth-order valence-electron chi connectivity index (χ4n) is 1.70. The molecule has 1 rings (SSSR count). The lowest BCUT2D eigenvalue weighted by atomic mass is 10.0. The number of hydrogen-bond donors (Lipinski definition) is 0. The van der Waals surface area contributed by atoms with Crippen LogP contribution in [-0.2, 0) is 16.0 Å². The van der Waals surface area contributed by atoms with Gasteiger partial charge in [0.05, 0.1) is 11.5 Å². The number of benzene rings is 1. The molecule has 1 atom stereocenters. The molecule has 1 aromatic carbocycles. The van der Waals surface area contributed by atoms with E-state index in [4.69, 9.17) is 4.74 Å². The van der Waals surface area contributed by atoms with Crippen LogP contribution < -0.4 is 0 Å². The van der Waals surface area contributed by atoms with Gasteiger partial charge in [0.2, 0.25) is 0 Å². The maximum Gasteiger partial charge on any atom is 0.320 e. The molecular formula is C13H16BrNO4. The fourth-order valence-corrected chi connectivity index (χ4v) is 2.18. The Labute approximate surface area is 120 Å². The predicted octanol–water partition coefficient (Wildman–Crippen LogP) is 3.08. The lowest BCUT2D eigenvalue weighted by Gasteiger charge is -2.11. The largest absolute Gasteiger partial charge is 0.465 e. The summed E-state index contributed by atoms with van der Waals surface area (Å²) in [5, 5.41) is 11.0. The Kier molecular flexibility index (Phi) is 5.47. The van der Waals surface area contributed by atoms with E-state index in [1.54, 1.807) is 13.0 Å². The highest BCUT2D eigenvalue weighted by Crippen LogP contribution is 2.26. The highest BCUT2D eigenvalue weighted by Gasteiger charge is 2.22. The van der Waals surface area contributed by atoms with E-state index in [9.17, 15) is 14.9 Å². The van der Waals surface area contributed by atoms with Crippen molar-refractivity contribution in [2.75, 3.05) is 6.61 Å². The Balaban J connectivity index is 3.03. The molecule has 0 saturated carbocycles. The minimum atomic E-state index is -0.576. The third-order valence-corrected chi connectivity index (χ3v) is 3.53. The number of nitrogens with zero attached hydrogens (tertiary/aromatic N) is 1. The van der Waals surface area contributed by atoms with Gasteiger partial charge >= 0.3 is 5.97 Å². The van der Waals surface area contributed by atoms with Crippen LogP contribution in [0, 0.1) is 24.0 Å². The minimum Gasteiger partial charge on any atom is -0.465 e. The van der Waals surface area contributed by atoms with Gasteiger partial charge in [-0.1, -0.05) is 15.9 Å². The van der Waals surface area contributed by atoms with E-state index in [2.05, 4.69) is 15.9 Å². The molecule has 0 aliphatic heterocycles. The number of ether oxygens (including phenoxy) is 1. The molecule has 1 unspecified atom stereocenters. The van der Waals surface area contributed by atoms with E-state index in [-0.39, 0.29) is 18.7 Å². The van der Waals surface area contributed by atoms with Crippen molar-refractivity contribution in [1.29, 1.82) is 0 Å². The minimum absolute atomic E-state index is 0.0387. The predicted molar refractivity (Wildman–Crippen MR) is 75.6 cm³/mol. The summed E-state index contributed by atoms with van der Waals surface area (Å²) in [7, 11) is 0. The van der Waals surface area contributed by atoms with Crippen LogP contribution in [0.1, 0.15) is 23.6 Å². The molecule has 19 heavy (non-hydrogen) atoms. The number of carbonyl (C=O) groups excluding carboxylic acids is 1. The van der Waals surface area contributed by atoms with Gasteiger partial charge in [-0.3, -0.25) is 14.9 Å². The van der Waals surface area contributed by atoms with Crippen molar-refractivity contribution < 1.29 is 14.5 Å². The van der Waals surface area contributed by atoms with Crippen LogP contribution in [-0.4, -0.2) is 22.3 Å². The number of nitro groups is 1. The fraction of sp³-hybridized carbons (Fsp3) is 0.462. The number of alkyl halides is 1. The van der Waals surface area contributed by atoms with Crippen LogP contribution in [0.15, 0.2) is 12.1 Å². The van der Waals surface area contributed by atoms with Gasteiger partial charge in [0.1, 0.15) is 4.83 Å². The van der Waals surface area contributed by atoms with E-state index in [1.807, 2.05) is 13.8 Å². The topological polar surface area (TPSA) is 69.4 Å². The van der Waals surface area contributed by atoms with E-state index in [0.717, 1.165) is 11.1 Å². The molecule has 5 nitrogen and oxygen atoms in total. The smallest absolute Gasteiger partial charge is 0.320 e. The van der Waals surface area contributed by atoms with Crippen LogP contribution in [0.3, 0.4) is 0 Å². The van der Waals surface area contributed by atoms with Crippen molar-refractivity contribution in [2.24, 2.45) is 0 Å². The zero-order chi connectivity index (χ0) is 14.6. The van der Waals surface area contributed by atoms with E-state index in [0.29, 0.717) is 5.56 Å². The lowest BCUT2D eigenvalue weighted by molar-refractivity contribution is -0.385. The molecule has 0 aromatic heterocycles. The summed E-state index contributed by atoms with van der Waals surface area (Å²) in [6.07, 6.45) is 0.232. The molecule has 0 spiro atoms. The average Bonchev–Trinajstić information content (AvgIpc) is 2.33. The second-order valence-electron chi connectivity index (χ2n) is 4.25. The SMILES string of the molecule is CCOC(=O)C(Br)Cc1cc(C)c(C)cc1[N+](=O)[O-]. The number of halogens is 1. The van der Waals surface area contributed by atoms with E-state index >= 15 is 0 Å². The zero-order valence-corrected chi connectivity index (χ0v) is 12.7. The second-order valence-corrected chi connectivity index (χ2v) is 5.35. The molecule has 0 saturated heterocycles. The van der Waals surface area contributed by atoms with Gasteiger partial charge in [0.25, 0.3) is 5.69 Å². The highest BCUT2D eigenvalue weighted by atomic mass is 79.9. The number of aryl methyl sites for hydroxylation is 2. The van der Waals surface area contributed by atoms with Crippen LogP contribution in [0.5, 0.6) is 0 Å². The Morgan fingerprint density at radius 2 is 2.00 bits per heavy atom. The lowest BCUT2D eigenvalue weighted by Crippen LogP contribution is -2.20. The summed E-state index contributed by atoms with van der Waals surface area (Å²) < 4.78 is 4.87. The molecule has 0 aliphatic carbocycles. The first-order valence-corrected chi connectivity index (χ1v) is 6.83. The molecule has 104 valence electrons. The van der Waals surface area contributed by atoms with Gasteiger partial charge < -0.3 is 4.74 Å². The highest BCUT2D eigenvalue weighted by molar-refractivity contribution is 9.10. The van der Waals surface area contributed by atoms with Gasteiger partial charge in [-0.2, -0.15) is 0 Å². The van der Waals surface area contributed by atoms with Crippen LogP contribution in [0.4, 0.5) is 5.69 Å². The Hall–Kier alpha value is -1.43. The van der Waals surface area contributed by atoms with Crippen molar-refractivity contribution in [3.8, 4) is 0 Å². The standard InChI is InChI=1S/C13H16BrNO4/c1-4-19-13(16)11(14)7-10-5-8(2)9(3)6-12(10)15(17)18/h5-6,11H,4,7H2,1-3H3. The molecule has 0 fully saturated rings. The molecular weight excluding hydrogens is 314 g/mol. The van der Waals surface area contributed by atoms with Crippen molar-refractivity contribution in [2.45, 2.75) is 32.0 Å². The van der Waals surface area contributed by atoms with E-state index in [1.165, 1.54) is 6.07 Å². The summed E-state index contributed by atoms with van der Waals surface area (Å²) in [4.78, 5) is 21.6. The van der Waals surface area contributed by atoms with Gasteiger partial charge in [0.15, 0.2) is 0 Å². The Morgan fingerprint density at radius 3 is 2.53 bits per heavy atom. The number of nitro benzene ring substituents is 1. The average molecular weight is 330 g/mol. The molecule has 0 bridgehead atoms. The summed E-state index contributed by atoms with van der Waals surface area (Å²) >= 11 is 3.21. The zero-order valence-electron chi connectivity index (χ0n) is 11.1. The monoisotopic (exact) mass is 329 g/mol. The molecule has 6 heteroatoms. The van der Waals surface area contributed by atoms with Gasteiger partial charge in [0, 0.05) is 18.1 Å². The summed E-state index contributed by atoms with van der Waals surface area (Å²) in [5.41, 5.74) is 2.39. The Morgan fingerprint density at radius 1 is 1.42 bits per heavy atom. The second kappa shape index (κ2) is 6.65. The van der Waals surface area contributed by atoms with Crippen LogP contribution >= 0.6 is 15.9 Å². The van der Waals surface area contributed by atoms with Crippen molar-refractivity contribution in [3.05, 3.63) is 38.9 Å². The molecule has 0 amide bonds. The van der Waals surface area contributed by atoms with Crippen LogP contribution in [0.25, 0.3) is 0 Å². The summed E-state index contributed by atoms with van der Waals surface area (Å²) in [6.45, 7) is 5.71.